The van der Waals surface area contributed by atoms with Gasteiger partial charge < -0.3 is 15.3 Å². The molecule has 1 rings (SSSR count). The first-order chi connectivity index (χ1) is 8.58. The van der Waals surface area contributed by atoms with Crippen molar-refractivity contribution in [3.8, 4) is 0 Å². The van der Waals surface area contributed by atoms with Gasteiger partial charge in [0.15, 0.2) is 0 Å². The summed E-state index contributed by atoms with van der Waals surface area (Å²) < 4.78 is 0. The van der Waals surface area contributed by atoms with E-state index < -0.39 is 0 Å². The number of rotatable bonds is 6. The topological polar surface area (TPSA) is 65.5 Å². The highest BCUT2D eigenvalue weighted by Crippen LogP contribution is 2.19. The van der Waals surface area contributed by atoms with Gasteiger partial charge in [-0.1, -0.05) is 6.92 Å². The number of nitrogens with zero attached hydrogens (tertiary/aromatic N) is 2. The molecule has 18 heavy (non-hydrogen) atoms. The number of aromatic nitrogens is 1. The van der Waals surface area contributed by atoms with Crippen molar-refractivity contribution in [2.75, 3.05) is 19.7 Å². The molecule has 0 aromatic carbocycles. The molecule has 1 aromatic rings. The Hall–Kier alpha value is -1.14. The minimum atomic E-state index is -0.147. The second kappa shape index (κ2) is 7.33. The van der Waals surface area contributed by atoms with E-state index in [0.29, 0.717) is 13.1 Å². The number of hydrogen-bond donors (Lipinski definition) is 2. The van der Waals surface area contributed by atoms with Crippen molar-refractivity contribution in [2.45, 2.75) is 33.2 Å². The summed E-state index contributed by atoms with van der Waals surface area (Å²) >= 11 is 1.58. The number of hydrogen-bond acceptors (Lipinski definition) is 4. The van der Waals surface area contributed by atoms with Gasteiger partial charge in [0.2, 0.25) is 0 Å². The normalized spacial score (nSPS) is 12.2. The van der Waals surface area contributed by atoms with E-state index in [-0.39, 0.29) is 18.7 Å². The maximum absolute atomic E-state index is 12.0. The summed E-state index contributed by atoms with van der Waals surface area (Å²) in [7, 11) is 0. The van der Waals surface area contributed by atoms with Gasteiger partial charge in [-0.05, 0) is 20.3 Å². The number of amides is 2. The van der Waals surface area contributed by atoms with Crippen LogP contribution in [0.5, 0.6) is 0 Å². The molecule has 5 nitrogen and oxygen atoms in total. The van der Waals surface area contributed by atoms with Crippen LogP contribution in [-0.2, 0) is 0 Å². The molecule has 1 aromatic heterocycles. The minimum Gasteiger partial charge on any atom is -0.395 e. The van der Waals surface area contributed by atoms with Crippen LogP contribution in [0.2, 0.25) is 0 Å². The quantitative estimate of drug-likeness (QED) is 0.831. The van der Waals surface area contributed by atoms with Crippen molar-refractivity contribution in [3.63, 3.8) is 0 Å². The highest BCUT2D eigenvalue weighted by Gasteiger charge is 2.17. The fourth-order valence-corrected chi connectivity index (χ4v) is 2.39. The van der Waals surface area contributed by atoms with E-state index in [1.807, 2.05) is 20.8 Å². The molecule has 1 atom stereocenters. The first kappa shape index (κ1) is 14.9. The standard InChI is InChI=1S/C12H21N3O2S/c1-4-5-15(6-7-16)12(17)14-10(3)11-13-8-9(2)18-11/h8,10,16H,4-7H2,1-3H3,(H,14,17). The molecule has 0 saturated carbocycles. The van der Waals surface area contributed by atoms with Crippen molar-refractivity contribution in [3.05, 3.63) is 16.1 Å². The molecule has 0 aliphatic heterocycles. The Balaban J connectivity index is 2.56. The van der Waals surface area contributed by atoms with Crippen LogP contribution in [0.25, 0.3) is 0 Å². The van der Waals surface area contributed by atoms with E-state index in [4.69, 9.17) is 5.11 Å². The largest absolute Gasteiger partial charge is 0.395 e. The molecule has 2 N–H and O–H groups in total. The zero-order valence-corrected chi connectivity index (χ0v) is 12.0. The molecule has 1 heterocycles. The fraction of sp³-hybridized carbons (Fsp3) is 0.667. The zero-order chi connectivity index (χ0) is 13.5. The van der Waals surface area contributed by atoms with E-state index in [2.05, 4.69) is 10.3 Å². The van der Waals surface area contributed by atoms with E-state index in [1.165, 1.54) is 0 Å². The van der Waals surface area contributed by atoms with E-state index in [1.54, 1.807) is 22.4 Å². The highest BCUT2D eigenvalue weighted by molar-refractivity contribution is 7.11. The van der Waals surface area contributed by atoms with Gasteiger partial charge >= 0.3 is 6.03 Å². The van der Waals surface area contributed by atoms with Gasteiger partial charge in [-0.25, -0.2) is 9.78 Å². The lowest BCUT2D eigenvalue weighted by Gasteiger charge is -2.23. The lowest BCUT2D eigenvalue weighted by Crippen LogP contribution is -2.42. The summed E-state index contributed by atoms with van der Waals surface area (Å²) in [6.07, 6.45) is 2.68. The molecule has 6 heteroatoms. The van der Waals surface area contributed by atoms with Crippen LogP contribution >= 0.6 is 11.3 Å². The van der Waals surface area contributed by atoms with Crippen LogP contribution in [0.4, 0.5) is 4.79 Å². The highest BCUT2D eigenvalue weighted by atomic mass is 32.1. The Labute approximate surface area is 112 Å². The number of aliphatic hydroxyl groups is 1. The van der Waals surface area contributed by atoms with Gasteiger partial charge in [-0.3, -0.25) is 0 Å². The van der Waals surface area contributed by atoms with E-state index in [9.17, 15) is 4.79 Å². The van der Waals surface area contributed by atoms with E-state index in [0.717, 1.165) is 16.3 Å². The average molecular weight is 271 g/mol. The Morgan fingerprint density at radius 2 is 2.33 bits per heavy atom. The van der Waals surface area contributed by atoms with Crippen molar-refractivity contribution >= 4 is 17.4 Å². The Morgan fingerprint density at radius 1 is 1.61 bits per heavy atom. The van der Waals surface area contributed by atoms with Gasteiger partial charge in [0.25, 0.3) is 0 Å². The first-order valence-corrected chi connectivity index (χ1v) is 6.98. The number of carbonyl (C=O) groups is 1. The minimum absolute atomic E-state index is 0.0157. The SMILES string of the molecule is CCCN(CCO)C(=O)NC(C)c1ncc(C)s1. The number of aliphatic hydroxyl groups excluding tert-OH is 1. The molecule has 0 fully saturated rings. The summed E-state index contributed by atoms with van der Waals surface area (Å²) in [4.78, 5) is 19.0. The van der Waals surface area contributed by atoms with Crippen molar-refractivity contribution in [2.24, 2.45) is 0 Å². The molecule has 0 saturated heterocycles. The van der Waals surface area contributed by atoms with Gasteiger partial charge in [0.1, 0.15) is 5.01 Å². The predicted molar refractivity (Wildman–Crippen MR) is 72.7 cm³/mol. The maximum atomic E-state index is 12.0. The Bertz CT molecular complexity index is 375. The Morgan fingerprint density at radius 3 is 2.83 bits per heavy atom. The second-order valence-electron chi connectivity index (χ2n) is 4.19. The summed E-state index contributed by atoms with van der Waals surface area (Å²) in [5.41, 5.74) is 0. The fourth-order valence-electron chi connectivity index (χ4n) is 1.62. The molecule has 0 bridgehead atoms. The van der Waals surface area contributed by atoms with Crippen LogP contribution in [0.3, 0.4) is 0 Å². The first-order valence-electron chi connectivity index (χ1n) is 6.17. The van der Waals surface area contributed by atoms with Gasteiger partial charge in [0, 0.05) is 24.2 Å². The molecule has 0 radical (unpaired) electrons. The number of nitrogens with one attached hydrogen (secondary N) is 1. The maximum Gasteiger partial charge on any atom is 0.318 e. The molecule has 1 unspecified atom stereocenters. The summed E-state index contributed by atoms with van der Waals surface area (Å²) in [6, 6.07) is -0.250. The van der Waals surface area contributed by atoms with Crippen molar-refractivity contribution in [1.82, 2.24) is 15.2 Å². The van der Waals surface area contributed by atoms with Crippen molar-refractivity contribution in [1.29, 1.82) is 0 Å². The summed E-state index contributed by atoms with van der Waals surface area (Å²) in [5.74, 6) is 0. The lowest BCUT2D eigenvalue weighted by atomic mass is 10.3. The van der Waals surface area contributed by atoms with Crippen LogP contribution < -0.4 is 5.32 Å². The van der Waals surface area contributed by atoms with Gasteiger partial charge in [-0.15, -0.1) is 11.3 Å². The number of aryl methyl sites for hydroxylation is 1. The molecular weight excluding hydrogens is 250 g/mol. The van der Waals surface area contributed by atoms with Gasteiger partial charge in [-0.2, -0.15) is 0 Å². The molecule has 2 amide bonds. The third-order valence-electron chi connectivity index (χ3n) is 2.50. The summed E-state index contributed by atoms with van der Waals surface area (Å²) in [5, 5.41) is 12.7. The third kappa shape index (κ3) is 4.27. The molecule has 0 aliphatic rings. The Kier molecular flexibility index (Phi) is 6.07. The molecule has 0 aliphatic carbocycles. The second-order valence-corrected chi connectivity index (χ2v) is 5.46. The van der Waals surface area contributed by atoms with Crippen LogP contribution in [0, 0.1) is 6.92 Å². The smallest absolute Gasteiger partial charge is 0.318 e. The lowest BCUT2D eigenvalue weighted by molar-refractivity contribution is 0.174. The van der Waals surface area contributed by atoms with Crippen LogP contribution in [-0.4, -0.2) is 40.7 Å². The number of urea groups is 1. The molecule has 0 spiro atoms. The summed E-state index contributed by atoms with van der Waals surface area (Å²) in [6.45, 7) is 6.91. The van der Waals surface area contributed by atoms with Gasteiger partial charge in [0.05, 0.1) is 12.6 Å². The monoisotopic (exact) mass is 271 g/mol. The molecular formula is C12H21N3O2S. The zero-order valence-electron chi connectivity index (χ0n) is 11.1. The molecule has 102 valence electrons. The number of thiazole rings is 1. The van der Waals surface area contributed by atoms with Crippen LogP contribution in [0.15, 0.2) is 6.20 Å². The van der Waals surface area contributed by atoms with E-state index >= 15 is 0 Å². The predicted octanol–water partition coefficient (Wildman–Crippen LogP) is 1.93. The van der Waals surface area contributed by atoms with Crippen molar-refractivity contribution < 1.29 is 9.90 Å². The number of carbonyl (C=O) groups excluding carboxylic acids is 1. The average Bonchev–Trinajstić information content (AvgIpc) is 2.75. The third-order valence-corrected chi connectivity index (χ3v) is 3.60. The van der Waals surface area contributed by atoms with Crippen LogP contribution in [0.1, 0.15) is 36.2 Å².